The predicted molar refractivity (Wildman–Crippen MR) is 87.3 cm³/mol. The van der Waals surface area contributed by atoms with Crippen LogP contribution in [0.1, 0.15) is 16.7 Å². The number of rotatable bonds is 4. The van der Waals surface area contributed by atoms with Crippen LogP contribution in [0.15, 0.2) is 34.8 Å². The molecule has 2 rings (SSSR count). The lowest BCUT2D eigenvalue weighted by Crippen LogP contribution is -2.00. The lowest BCUT2D eigenvalue weighted by atomic mass is 10.1. The summed E-state index contributed by atoms with van der Waals surface area (Å²) in [6.07, 6.45) is 0. The molecule has 20 heavy (non-hydrogen) atoms. The van der Waals surface area contributed by atoms with E-state index in [9.17, 15) is 4.39 Å². The van der Waals surface area contributed by atoms with E-state index in [-0.39, 0.29) is 5.02 Å². The van der Waals surface area contributed by atoms with Gasteiger partial charge >= 0.3 is 0 Å². The zero-order valence-electron chi connectivity index (χ0n) is 10.7. The van der Waals surface area contributed by atoms with E-state index in [1.807, 2.05) is 19.1 Å². The van der Waals surface area contributed by atoms with E-state index < -0.39 is 5.82 Å². The quantitative estimate of drug-likeness (QED) is 0.547. The van der Waals surface area contributed by atoms with Crippen molar-refractivity contribution >= 4 is 43.5 Å². The van der Waals surface area contributed by atoms with E-state index in [1.165, 1.54) is 12.1 Å². The van der Waals surface area contributed by atoms with Gasteiger partial charge in [0.05, 0.1) is 5.02 Å². The molecule has 2 aromatic carbocycles. The Hall–Kier alpha value is -0.580. The summed E-state index contributed by atoms with van der Waals surface area (Å²) < 4.78 is 20.2. The average Bonchev–Trinajstić information content (AvgIpc) is 2.40. The third kappa shape index (κ3) is 3.74. The average molecular weight is 423 g/mol. The van der Waals surface area contributed by atoms with Crippen LogP contribution in [0, 0.1) is 12.7 Å². The first-order valence-electron chi connectivity index (χ1n) is 5.93. The summed E-state index contributed by atoms with van der Waals surface area (Å²) >= 11 is 12.6. The Balaban J connectivity index is 2.20. The number of aryl methyl sites for hydroxylation is 1. The van der Waals surface area contributed by atoms with E-state index in [4.69, 9.17) is 16.3 Å². The SMILES string of the molecule is Cc1cc(Br)cc(CBr)c1OCc1ccc(Cl)c(F)c1. The van der Waals surface area contributed by atoms with Gasteiger partial charge in [-0.25, -0.2) is 4.39 Å². The van der Waals surface area contributed by atoms with E-state index in [2.05, 4.69) is 31.9 Å². The Labute approximate surface area is 139 Å². The fourth-order valence-electron chi connectivity index (χ4n) is 1.89. The number of hydrogen-bond donors (Lipinski definition) is 0. The first-order chi connectivity index (χ1) is 9.51. The first kappa shape index (κ1) is 15.8. The van der Waals surface area contributed by atoms with Crippen molar-refractivity contribution < 1.29 is 9.13 Å². The molecular formula is C15H12Br2ClFO. The maximum absolute atomic E-state index is 13.4. The fourth-order valence-corrected chi connectivity index (χ4v) is 3.04. The van der Waals surface area contributed by atoms with Crippen molar-refractivity contribution in [3.63, 3.8) is 0 Å². The highest BCUT2D eigenvalue weighted by Gasteiger charge is 2.09. The Morgan fingerprint density at radius 2 is 2.00 bits per heavy atom. The van der Waals surface area contributed by atoms with Gasteiger partial charge in [-0.05, 0) is 42.3 Å². The minimum Gasteiger partial charge on any atom is -0.488 e. The summed E-state index contributed by atoms with van der Waals surface area (Å²) in [5.41, 5.74) is 2.82. The molecule has 0 radical (unpaired) electrons. The second-order valence-electron chi connectivity index (χ2n) is 4.38. The first-order valence-corrected chi connectivity index (χ1v) is 8.22. The molecule has 0 saturated heterocycles. The molecule has 5 heteroatoms. The van der Waals surface area contributed by atoms with E-state index in [0.717, 1.165) is 26.9 Å². The highest BCUT2D eigenvalue weighted by Crippen LogP contribution is 2.30. The Bertz CT molecular complexity index is 632. The fraction of sp³-hybridized carbons (Fsp3) is 0.200. The topological polar surface area (TPSA) is 9.23 Å². The van der Waals surface area contributed by atoms with Crippen molar-refractivity contribution in [2.45, 2.75) is 18.9 Å². The summed E-state index contributed by atoms with van der Waals surface area (Å²) in [6.45, 7) is 2.28. The highest BCUT2D eigenvalue weighted by atomic mass is 79.9. The molecule has 0 fully saturated rings. The molecule has 0 bridgehead atoms. The van der Waals surface area contributed by atoms with Gasteiger partial charge in [0.15, 0.2) is 0 Å². The minimum atomic E-state index is -0.430. The summed E-state index contributed by atoms with van der Waals surface area (Å²) in [6, 6.07) is 8.68. The zero-order valence-corrected chi connectivity index (χ0v) is 14.6. The van der Waals surface area contributed by atoms with Gasteiger partial charge in [0.2, 0.25) is 0 Å². The van der Waals surface area contributed by atoms with Gasteiger partial charge < -0.3 is 4.74 Å². The molecule has 0 amide bonds. The lowest BCUT2D eigenvalue weighted by Gasteiger charge is -2.14. The van der Waals surface area contributed by atoms with E-state index >= 15 is 0 Å². The lowest BCUT2D eigenvalue weighted by molar-refractivity contribution is 0.301. The molecule has 2 aromatic rings. The maximum atomic E-state index is 13.4. The van der Waals surface area contributed by atoms with Crippen LogP contribution in [0.25, 0.3) is 0 Å². The largest absolute Gasteiger partial charge is 0.488 e. The predicted octanol–water partition coefficient (Wildman–Crippen LogP) is 6.02. The third-order valence-corrected chi connectivity index (χ3v) is 4.20. The molecule has 0 heterocycles. The van der Waals surface area contributed by atoms with Crippen LogP contribution in [0.5, 0.6) is 5.75 Å². The molecule has 0 atom stereocenters. The van der Waals surface area contributed by atoms with Gasteiger partial charge in [0.1, 0.15) is 18.2 Å². The van der Waals surface area contributed by atoms with Crippen molar-refractivity contribution in [1.82, 2.24) is 0 Å². The number of benzene rings is 2. The van der Waals surface area contributed by atoms with Gasteiger partial charge in [0, 0.05) is 15.4 Å². The molecule has 0 saturated carbocycles. The number of hydrogen-bond acceptors (Lipinski definition) is 1. The normalized spacial score (nSPS) is 10.7. The van der Waals surface area contributed by atoms with Gasteiger partial charge in [0.25, 0.3) is 0 Å². The maximum Gasteiger partial charge on any atom is 0.142 e. The Morgan fingerprint density at radius 3 is 2.65 bits per heavy atom. The van der Waals surface area contributed by atoms with Crippen molar-refractivity contribution in [1.29, 1.82) is 0 Å². The summed E-state index contributed by atoms with van der Waals surface area (Å²) in [4.78, 5) is 0. The molecule has 0 unspecified atom stereocenters. The van der Waals surface area contributed by atoms with Crippen LogP contribution in [0.2, 0.25) is 5.02 Å². The smallest absolute Gasteiger partial charge is 0.142 e. The summed E-state index contributed by atoms with van der Waals surface area (Å²) in [7, 11) is 0. The Kier molecular flexibility index (Phi) is 5.47. The molecule has 0 aliphatic heterocycles. The van der Waals surface area contributed by atoms with Crippen LogP contribution in [-0.2, 0) is 11.9 Å². The molecule has 0 aliphatic rings. The van der Waals surface area contributed by atoms with Gasteiger partial charge in [-0.15, -0.1) is 0 Å². The van der Waals surface area contributed by atoms with Crippen molar-refractivity contribution in [3.05, 3.63) is 62.3 Å². The second kappa shape index (κ2) is 6.92. The van der Waals surface area contributed by atoms with E-state index in [1.54, 1.807) is 6.07 Å². The third-order valence-electron chi connectivity index (χ3n) is 2.83. The van der Waals surface area contributed by atoms with Crippen LogP contribution in [0.3, 0.4) is 0 Å². The Morgan fingerprint density at radius 1 is 1.25 bits per heavy atom. The zero-order chi connectivity index (χ0) is 14.7. The number of ether oxygens (including phenoxy) is 1. The van der Waals surface area contributed by atoms with Gasteiger partial charge in [-0.2, -0.15) is 0 Å². The number of alkyl halides is 1. The van der Waals surface area contributed by atoms with Crippen LogP contribution < -0.4 is 4.74 Å². The molecule has 1 nitrogen and oxygen atoms in total. The van der Waals surface area contributed by atoms with Crippen molar-refractivity contribution in [2.75, 3.05) is 0 Å². The second-order valence-corrected chi connectivity index (χ2v) is 6.27. The van der Waals surface area contributed by atoms with Gasteiger partial charge in [-0.3, -0.25) is 0 Å². The van der Waals surface area contributed by atoms with Crippen LogP contribution in [0.4, 0.5) is 4.39 Å². The number of halogens is 4. The molecule has 0 N–H and O–H groups in total. The van der Waals surface area contributed by atoms with Crippen LogP contribution in [-0.4, -0.2) is 0 Å². The molecule has 0 aliphatic carbocycles. The summed E-state index contributed by atoms with van der Waals surface area (Å²) in [5, 5.41) is 0.812. The molecular weight excluding hydrogens is 410 g/mol. The monoisotopic (exact) mass is 420 g/mol. The highest BCUT2D eigenvalue weighted by molar-refractivity contribution is 9.10. The van der Waals surface area contributed by atoms with Gasteiger partial charge in [-0.1, -0.05) is 49.5 Å². The standard InChI is InChI=1S/C15H12Br2ClFO/c1-9-4-12(17)6-11(7-16)15(9)20-8-10-2-3-13(18)14(19)5-10/h2-6H,7-8H2,1H3. The van der Waals surface area contributed by atoms with E-state index in [0.29, 0.717) is 11.9 Å². The molecule has 106 valence electrons. The van der Waals surface area contributed by atoms with Crippen LogP contribution >= 0.6 is 43.5 Å². The molecule has 0 spiro atoms. The minimum absolute atomic E-state index is 0.120. The summed E-state index contributed by atoms with van der Waals surface area (Å²) in [5.74, 6) is 0.390. The molecule has 0 aromatic heterocycles. The van der Waals surface area contributed by atoms with Crippen molar-refractivity contribution in [3.8, 4) is 5.75 Å². The van der Waals surface area contributed by atoms with Crippen molar-refractivity contribution in [2.24, 2.45) is 0 Å².